The Bertz CT molecular complexity index is 453. The van der Waals surface area contributed by atoms with Crippen LogP contribution in [0.2, 0.25) is 0 Å². The topological polar surface area (TPSA) is 86.6 Å². The maximum absolute atomic E-state index is 11.7. The highest BCUT2D eigenvalue weighted by Gasteiger charge is 2.47. The molecule has 146 valence electrons. The molecule has 1 aliphatic heterocycles. The van der Waals surface area contributed by atoms with E-state index < -0.39 is 17.4 Å². The van der Waals surface area contributed by atoms with Gasteiger partial charge >= 0.3 is 11.9 Å². The molecule has 5 heteroatoms. The summed E-state index contributed by atoms with van der Waals surface area (Å²) in [5.74, 6) is -0.150. The summed E-state index contributed by atoms with van der Waals surface area (Å²) in [5.41, 5.74) is -1.14. The van der Waals surface area contributed by atoms with E-state index >= 15 is 0 Å². The number of carboxylic acids is 2. The van der Waals surface area contributed by atoms with Gasteiger partial charge in [0, 0.05) is 6.42 Å². The zero-order valence-electron chi connectivity index (χ0n) is 16.6. The Kier molecular flexibility index (Phi) is 7.91. The Hall–Kier alpha value is -1.10. The first-order valence-electron chi connectivity index (χ1n) is 9.66. The largest absolute Gasteiger partial charge is 0.481 e. The van der Waals surface area contributed by atoms with Crippen molar-refractivity contribution in [2.75, 3.05) is 13.1 Å². The summed E-state index contributed by atoms with van der Waals surface area (Å²) in [6, 6.07) is 0. The third-order valence-electron chi connectivity index (χ3n) is 7.05. The van der Waals surface area contributed by atoms with E-state index in [0.29, 0.717) is 18.3 Å². The second-order valence-electron chi connectivity index (χ2n) is 8.92. The van der Waals surface area contributed by atoms with Gasteiger partial charge in [-0.1, -0.05) is 20.8 Å². The lowest BCUT2D eigenvalue weighted by Gasteiger charge is -2.45. The zero-order chi connectivity index (χ0) is 19.3. The van der Waals surface area contributed by atoms with Crippen LogP contribution in [0.4, 0.5) is 0 Å². The normalized spacial score (nSPS) is 19.4. The van der Waals surface area contributed by atoms with Crippen LogP contribution in [-0.4, -0.2) is 35.2 Å². The molecule has 0 spiro atoms. The van der Waals surface area contributed by atoms with Gasteiger partial charge in [-0.2, -0.15) is 0 Å². The molecule has 5 nitrogen and oxygen atoms in total. The van der Waals surface area contributed by atoms with Crippen LogP contribution in [0.3, 0.4) is 0 Å². The summed E-state index contributed by atoms with van der Waals surface area (Å²) < 4.78 is 0. The summed E-state index contributed by atoms with van der Waals surface area (Å²) in [7, 11) is 0. The molecule has 0 aliphatic carbocycles. The second-order valence-corrected chi connectivity index (χ2v) is 8.92. The molecule has 0 aromatic carbocycles. The standard InChI is InChI=1S/C20H37NO4/c1-14(19(2,3)20(4,5)18(24)25)13-16(7-6-8-17(22)23)15-9-11-21-12-10-15/h14-16,21H,6-13H2,1-5H3,(H,22,23)(H,24,25). The van der Waals surface area contributed by atoms with Crippen LogP contribution in [0.15, 0.2) is 0 Å². The van der Waals surface area contributed by atoms with Gasteiger partial charge in [-0.25, -0.2) is 0 Å². The Balaban J connectivity index is 2.83. The van der Waals surface area contributed by atoms with E-state index in [9.17, 15) is 14.7 Å². The molecule has 1 heterocycles. The number of rotatable bonds is 10. The molecule has 3 N–H and O–H groups in total. The molecule has 1 rings (SSSR count). The molecular weight excluding hydrogens is 318 g/mol. The molecule has 25 heavy (non-hydrogen) atoms. The molecule has 2 unspecified atom stereocenters. The van der Waals surface area contributed by atoms with E-state index in [-0.39, 0.29) is 17.8 Å². The predicted molar refractivity (Wildman–Crippen MR) is 99.5 cm³/mol. The molecule has 1 fully saturated rings. The van der Waals surface area contributed by atoms with Crippen molar-refractivity contribution in [3.05, 3.63) is 0 Å². The van der Waals surface area contributed by atoms with Crippen LogP contribution >= 0.6 is 0 Å². The second kappa shape index (κ2) is 9.02. The van der Waals surface area contributed by atoms with Crippen molar-refractivity contribution in [3.8, 4) is 0 Å². The highest BCUT2D eigenvalue weighted by molar-refractivity contribution is 5.74. The van der Waals surface area contributed by atoms with Crippen molar-refractivity contribution in [1.82, 2.24) is 5.32 Å². The number of hydrogen-bond acceptors (Lipinski definition) is 3. The average Bonchev–Trinajstić information content (AvgIpc) is 2.53. The van der Waals surface area contributed by atoms with Crippen molar-refractivity contribution in [2.24, 2.45) is 28.6 Å². The van der Waals surface area contributed by atoms with Crippen LogP contribution in [-0.2, 0) is 9.59 Å². The van der Waals surface area contributed by atoms with Crippen molar-refractivity contribution >= 4 is 11.9 Å². The summed E-state index contributed by atoms with van der Waals surface area (Å²) in [4.78, 5) is 22.6. The first kappa shape index (κ1) is 21.9. The van der Waals surface area contributed by atoms with Crippen molar-refractivity contribution in [3.63, 3.8) is 0 Å². The van der Waals surface area contributed by atoms with E-state index in [0.717, 1.165) is 38.8 Å². The molecule has 0 amide bonds. The molecule has 0 bridgehead atoms. The Labute approximate surface area is 152 Å². The molecule has 0 aromatic rings. The van der Waals surface area contributed by atoms with Crippen LogP contribution < -0.4 is 5.32 Å². The fourth-order valence-electron chi connectivity index (χ4n) is 4.02. The Morgan fingerprint density at radius 3 is 2.16 bits per heavy atom. The maximum atomic E-state index is 11.7. The van der Waals surface area contributed by atoms with Crippen LogP contribution in [0, 0.1) is 28.6 Å². The molecule has 1 aliphatic rings. The van der Waals surface area contributed by atoms with E-state index in [1.165, 1.54) is 0 Å². The fourth-order valence-corrected chi connectivity index (χ4v) is 4.02. The Morgan fingerprint density at radius 1 is 1.12 bits per heavy atom. The molecule has 0 aromatic heterocycles. The van der Waals surface area contributed by atoms with Gasteiger partial charge in [0.15, 0.2) is 0 Å². The number of hydrogen-bond donors (Lipinski definition) is 3. The van der Waals surface area contributed by atoms with Crippen molar-refractivity contribution in [2.45, 2.75) is 73.1 Å². The first-order chi connectivity index (χ1) is 11.5. The number of aliphatic carboxylic acids is 2. The summed E-state index contributed by atoms with van der Waals surface area (Å²) in [5, 5.41) is 22.0. The van der Waals surface area contributed by atoms with E-state index in [1.54, 1.807) is 0 Å². The number of carboxylic acid groups (broad SMARTS) is 2. The third kappa shape index (κ3) is 5.70. The van der Waals surface area contributed by atoms with Gasteiger partial charge in [-0.3, -0.25) is 9.59 Å². The Morgan fingerprint density at radius 2 is 1.68 bits per heavy atom. The molecule has 0 radical (unpaired) electrons. The molecule has 1 saturated heterocycles. The first-order valence-corrected chi connectivity index (χ1v) is 9.66. The van der Waals surface area contributed by atoms with Crippen LogP contribution in [0.1, 0.15) is 73.1 Å². The molecular formula is C20H37NO4. The minimum atomic E-state index is -0.799. The third-order valence-corrected chi connectivity index (χ3v) is 7.05. The van der Waals surface area contributed by atoms with Crippen LogP contribution in [0.5, 0.6) is 0 Å². The highest BCUT2D eigenvalue weighted by atomic mass is 16.4. The van der Waals surface area contributed by atoms with Gasteiger partial charge in [-0.15, -0.1) is 0 Å². The lowest BCUT2D eigenvalue weighted by Crippen LogP contribution is -2.44. The summed E-state index contributed by atoms with van der Waals surface area (Å²) >= 11 is 0. The van der Waals surface area contributed by atoms with E-state index in [2.05, 4.69) is 26.1 Å². The van der Waals surface area contributed by atoms with Crippen molar-refractivity contribution < 1.29 is 19.8 Å². The minimum Gasteiger partial charge on any atom is -0.481 e. The quantitative estimate of drug-likeness (QED) is 0.551. The minimum absolute atomic E-state index is 0.222. The number of carbonyl (C=O) groups is 2. The van der Waals surface area contributed by atoms with E-state index in [4.69, 9.17) is 5.11 Å². The van der Waals surface area contributed by atoms with Gasteiger partial charge in [0.2, 0.25) is 0 Å². The fraction of sp³-hybridized carbons (Fsp3) is 0.900. The average molecular weight is 356 g/mol. The monoisotopic (exact) mass is 355 g/mol. The van der Waals surface area contributed by atoms with Gasteiger partial charge in [0.1, 0.15) is 0 Å². The van der Waals surface area contributed by atoms with Gasteiger partial charge in [0.05, 0.1) is 5.41 Å². The lowest BCUT2D eigenvalue weighted by atomic mass is 9.59. The number of piperidine rings is 1. The van der Waals surface area contributed by atoms with Crippen molar-refractivity contribution in [1.29, 1.82) is 0 Å². The smallest absolute Gasteiger partial charge is 0.309 e. The molecule has 0 saturated carbocycles. The SMILES string of the molecule is CC(CC(CCCC(=O)O)C1CCNCC1)C(C)(C)C(C)(C)C(=O)O. The lowest BCUT2D eigenvalue weighted by molar-refractivity contribution is -0.156. The van der Waals surface area contributed by atoms with E-state index in [1.807, 2.05) is 13.8 Å². The van der Waals surface area contributed by atoms with Gasteiger partial charge < -0.3 is 15.5 Å². The highest BCUT2D eigenvalue weighted by Crippen LogP contribution is 2.48. The van der Waals surface area contributed by atoms with Gasteiger partial charge in [0.25, 0.3) is 0 Å². The predicted octanol–water partition coefficient (Wildman–Crippen LogP) is 4.02. The van der Waals surface area contributed by atoms with Gasteiger partial charge in [-0.05, 0) is 82.2 Å². The molecule has 2 atom stereocenters. The summed E-state index contributed by atoms with van der Waals surface area (Å²) in [6.07, 6.45) is 5.08. The zero-order valence-corrected chi connectivity index (χ0v) is 16.6. The maximum Gasteiger partial charge on any atom is 0.309 e. The summed E-state index contributed by atoms with van der Waals surface area (Å²) in [6.45, 7) is 12.0. The number of nitrogens with one attached hydrogen (secondary N) is 1. The van der Waals surface area contributed by atoms with Crippen LogP contribution in [0.25, 0.3) is 0 Å².